The molecular formula is C13H20N2O5S. The highest BCUT2D eigenvalue weighted by molar-refractivity contribution is 7.89. The Labute approximate surface area is 123 Å². The molecule has 21 heavy (non-hydrogen) atoms. The molecule has 118 valence electrons. The average Bonchev–Trinajstić information content (AvgIpc) is 3.02. The summed E-state index contributed by atoms with van der Waals surface area (Å²) in [6.07, 6.45) is 2.03. The fraction of sp³-hybridized carbons (Fsp3) is 0.615. The Hall–Kier alpha value is -1.38. The topological polar surface area (TPSA) is 99.8 Å². The van der Waals surface area contributed by atoms with E-state index in [4.69, 9.17) is 5.11 Å². The Morgan fingerprint density at radius 3 is 2.62 bits per heavy atom. The van der Waals surface area contributed by atoms with E-state index in [1.54, 1.807) is 6.92 Å². The second kappa shape index (κ2) is 5.78. The summed E-state index contributed by atoms with van der Waals surface area (Å²) in [4.78, 5) is 11.1. The molecule has 7 nitrogen and oxygen atoms in total. The Bertz CT molecular complexity index is 637. The van der Waals surface area contributed by atoms with Gasteiger partial charge >= 0.3 is 5.97 Å². The number of hydrogen-bond acceptors (Lipinski definition) is 4. The number of aromatic nitrogens is 1. The molecule has 8 heteroatoms. The van der Waals surface area contributed by atoms with Gasteiger partial charge in [-0.25, -0.2) is 13.2 Å². The molecule has 1 aromatic heterocycles. The Morgan fingerprint density at radius 1 is 1.48 bits per heavy atom. The lowest BCUT2D eigenvalue weighted by Gasteiger charge is -2.23. The van der Waals surface area contributed by atoms with Crippen LogP contribution >= 0.6 is 0 Å². The molecule has 0 bridgehead atoms. The first kappa shape index (κ1) is 16.0. The number of carbonyl (C=O) groups is 1. The minimum atomic E-state index is -3.79. The smallest absolute Gasteiger partial charge is 0.352 e. The summed E-state index contributed by atoms with van der Waals surface area (Å²) < 4.78 is 28.0. The average molecular weight is 316 g/mol. The van der Waals surface area contributed by atoms with Crippen LogP contribution in [0.1, 0.15) is 30.8 Å². The van der Waals surface area contributed by atoms with Gasteiger partial charge in [-0.1, -0.05) is 6.92 Å². The molecule has 1 fully saturated rings. The third kappa shape index (κ3) is 2.70. The number of sulfonamides is 1. The molecule has 2 N–H and O–H groups in total. The first-order valence-electron chi connectivity index (χ1n) is 6.89. The molecule has 1 aromatic rings. The van der Waals surface area contributed by atoms with Crippen LogP contribution in [0.3, 0.4) is 0 Å². The van der Waals surface area contributed by atoms with Crippen molar-refractivity contribution in [3.63, 3.8) is 0 Å². The second-order valence-electron chi connectivity index (χ2n) is 5.28. The second-order valence-corrected chi connectivity index (χ2v) is 7.17. The highest BCUT2D eigenvalue weighted by Gasteiger charge is 2.39. The number of rotatable bonds is 5. The summed E-state index contributed by atoms with van der Waals surface area (Å²) in [5, 5.41) is 18.5. The van der Waals surface area contributed by atoms with Gasteiger partial charge in [0.1, 0.15) is 10.6 Å². The Morgan fingerprint density at radius 2 is 2.14 bits per heavy atom. The summed E-state index contributed by atoms with van der Waals surface area (Å²) in [6.45, 7) is 4.12. The molecule has 1 aliphatic rings. The van der Waals surface area contributed by atoms with Crippen LogP contribution in [0.5, 0.6) is 0 Å². The van der Waals surface area contributed by atoms with Gasteiger partial charge in [0.2, 0.25) is 10.0 Å². The van der Waals surface area contributed by atoms with Crippen molar-refractivity contribution < 1.29 is 23.4 Å². The number of carboxylic acids is 1. The summed E-state index contributed by atoms with van der Waals surface area (Å²) in [5.41, 5.74) is -0.0520. The molecule has 0 spiro atoms. The van der Waals surface area contributed by atoms with Gasteiger partial charge in [-0.15, -0.1) is 0 Å². The van der Waals surface area contributed by atoms with Crippen LogP contribution in [0.4, 0.5) is 0 Å². The first-order valence-corrected chi connectivity index (χ1v) is 8.33. The molecule has 1 saturated heterocycles. The van der Waals surface area contributed by atoms with Gasteiger partial charge in [0.15, 0.2) is 0 Å². The third-order valence-electron chi connectivity index (χ3n) is 4.06. The molecule has 2 rings (SSSR count). The van der Waals surface area contributed by atoms with E-state index >= 15 is 0 Å². The molecule has 0 saturated carbocycles. The minimum Gasteiger partial charge on any atom is -0.477 e. The fourth-order valence-corrected chi connectivity index (χ4v) is 4.51. The van der Waals surface area contributed by atoms with Crippen molar-refractivity contribution in [1.82, 2.24) is 8.87 Å². The largest absolute Gasteiger partial charge is 0.477 e. The Balaban J connectivity index is 2.43. The standard InChI is InChI=1S/C13H20N2O5S/c1-3-14-7-10(6-11(14)13(17)18)21(19,20)15-5-4-9(2)12(15)8-16/h6-7,9,12,16H,3-5,8H2,1-2H3,(H,17,18). The van der Waals surface area contributed by atoms with Crippen LogP contribution in [0, 0.1) is 5.92 Å². The van der Waals surface area contributed by atoms with Crippen molar-refractivity contribution in [1.29, 1.82) is 0 Å². The van der Waals surface area contributed by atoms with Gasteiger partial charge in [-0.2, -0.15) is 4.31 Å². The highest BCUT2D eigenvalue weighted by atomic mass is 32.2. The number of aryl methyl sites for hydroxylation is 1. The van der Waals surface area contributed by atoms with Crippen molar-refractivity contribution >= 4 is 16.0 Å². The van der Waals surface area contributed by atoms with Crippen LogP contribution in [0.25, 0.3) is 0 Å². The molecular weight excluding hydrogens is 296 g/mol. The zero-order valence-corrected chi connectivity index (χ0v) is 12.9. The number of hydrogen-bond donors (Lipinski definition) is 2. The van der Waals surface area contributed by atoms with E-state index in [2.05, 4.69) is 0 Å². The molecule has 0 aromatic carbocycles. The van der Waals surface area contributed by atoms with Crippen molar-refractivity contribution in [2.24, 2.45) is 5.92 Å². The van der Waals surface area contributed by atoms with Gasteiger partial charge in [0, 0.05) is 19.3 Å². The number of aromatic carboxylic acids is 1. The predicted octanol–water partition coefficient (Wildman–Crippen LogP) is 0.598. The summed E-state index contributed by atoms with van der Waals surface area (Å²) in [6, 6.07) is 0.728. The Kier molecular flexibility index (Phi) is 4.40. The molecule has 1 aliphatic heterocycles. The van der Waals surface area contributed by atoms with Gasteiger partial charge in [-0.3, -0.25) is 0 Å². The normalized spacial score (nSPS) is 23.6. The van der Waals surface area contributed by atoms with Gasteiger partial charge in [-0.05, 0) is 25.3 Å². The van der Waals surface area contributed by atoms with Crippen LogP contribution in [0.15, 0.2) is 17.2 Å². The molecule has 2 unspecified atom stereocenters. The van der Waals surface area contributed by atoms with E-state index < -0.39 is 22.0 Å². The number of nitrogens with zero attached hydrogens (tertiary/aromatic N) is 2. The van der Waals surface area contributed by atoms with Gasteiger partial charge in [0.05, 0.1) is 12.6 Å². The maximum atomic E-state index is 12.7. The van der Waals surface area contributed by atoms with E-state index in [0.29, 0.717) is 19.5 Å². The quantitative estimate of drug-likeness (QED) is 0.828. The number of carboxylic acid groups (broad SMARTS) is 1. The van der Waals surface area contributed by atoms with Crippen molar-refractivity contribution in [2.75, 3.05) is 13.2 Å². The highest BCUT2D eigenvalue weighted by Crippen LogP contribution is 2.30. The lowest BCUT2D eigenvalue weighted by atomic mass is 10.0. The molecule has 0 amide bonds. The summed E-state index contributed by atoms with van der Waals surface area (Å²) >= 11 is 0. The van der Waals surface area contributed by atoms with Gasteiger partial charge in [0.25, 0.3) is 0 Å². The molecule has 2 heterocycles. The fourth-order valence-electron chi connectivity index (χ4n) is 2.74. The molecule has 2 atom stereocenters. The van der Waals surface area contributed by atoms with Crippen molar-refractivity contribution in [3.05, 3.63) is 18.0 Å². The van der Waals surface area contributed by atoms with E-state index in [9.17, 15) is 18.3 Å². The van der Waals surface area contributed by atoms with Crippen molar-refractivity contribution in [2.45, 2.75) is 37.8 Å². The van der Waals surface area contributed by atoms with Gasteiger partial charge < -0.3 is 14.8 Å². The first-order chi connectivity index (χ1) is 9.82. The maximum absolute atomic E-state index is 12.7. The van der Waals surface area contributed by atoms with E-state index in [1.165, 1.54) is 21.1 Å². The van der Waals surface area contributed by atoms with E-state index in [1.807, 2.05) is 6.92 Å². The minimum absolute atomic E-state index is 0.0331. The van der Waals surface area contributed by atoms with Crippen LogP contribution < -0.4 is 0 Å². The maximum Gasteiger partial charge on any atom is 0.352 e. The zero-order valence-electron chi connectivity index (χ0n) is 12.1. The van der Waals surface area contributed by atoms with E-state index in [0.717, 1.165) is 0 Å². The van der Waals surface area contributed by atoms with Crippen molar-refractivity contribution in [3.8, 4) is 0 Å². The SMILES string of the molecule is CCn1cc(S(=O)(=O)N2CCC(C)C2CO)cc1C(=O)O. The molecule has 0 aliphatic carbocycles. The van der Waals surface area contributed by atoms with Crippen LogP contribution in [-0.4, -0.2) is 52.7 Å². The zero-order chi connectivity index (χ0) is 15.8. The number of aliphatic hydroxyl groups excluding tert-OH is 1. The third-order valence-corrected chi connectivity index (χ3v) is 5.95. The number of aliphatic hydroxyl groups is 1. The summed E-state index contributed by atoms with van der Waals surface area (Å²) in [5.74, 6) is -1.08. The van der Waals surface area contributed by atoms with Crippen LogP contribution in [-0.2, 0) is 16.6 Å². The summed E-state index contributed by atoms with van der Waals surface area (Å²) in [7, 11) is -3.79. The predicted molar refractivity (Wildman–Crippen MR) is 75.6 cm³/mol. The lowest BCUT2D eigenvalue weighted by Crippen LogP contribution is -2.39. The van der Waals surface area contributed by atoms with E-state index in [-0.39, 0.29) is 23.1 Å². The molecule has 0 radical (unpaired) electrons. The monoisotopic (exact) mass is 316 g/mol. The van der Waals surface area contributed by atoms with Crippen LogP contribution in [0.2, 0.25) is 0 Å². The lowest BCUT2D eigenvalue weighted by molar-refractivity contribution is 0.0685.